The van der Waals surface area contributed by atoms with Crippen LogP contribution in [-0.4, -0.2) is 59.9 Å². The highest BCUT2D eigenvalue weighted by Gasteiger charge is 2.12. The molecule has 0 unspecified atom stereocenters. The second-order valence-electron chi connectivity index (χ2n) is 6.05. The van der Waals surface area contributed by atoms with Crippen LogP contribution in [0.5, 0.6) is 0 Å². The Morgan fingerprint density at radius 2 is 1.88 bits per heavy atom. The van der Waals surface area contributed by atoms with Gasteiger partial charge in [0.25, 0.3) is 11.5 Å². The van der Waals surface area contributed by atoms with Crippen LogP contribution in [0.15, 0.2) is 47.3 Å². The van der Waals surface area contributed by atoms with Crippen LogP contribution in [0.1, 0.15) is 16.1 Å². The van der Waals surface area contributed by atoms with Gasteiger partial charge in [-0.1, -0.05) is 30.3 Å². The minimum absolute atomic E-state index is 0.221. The van der Waals surface area contributed by atoms with E-state index < -0.39 is 0 Å². The first-order valence-electron chi connectivity index (χ1n) is 8.56. The van der Waals surface area contributed by atoms with Crippen LogP contribution in [0.3, 0.4) is 0 Å². The van der Waals surface area contributed by atoms with Gasteiger partial charge in [-0.05, 0) is 11.6 Å². The van der Waals surface area contributed by atoms with E-state index in [0.717, 1.165) is 38.3 Å². The Hall–Kier alpha value is -2.51. The van der Waals surface area contributed by atoms with Gasteiger partial charge in [-0.15, -0.1) is 0 Å². The smallest absolute Gasteiger partial charge is 0.271 e. The van der Waals surface area contributed by atoms with Crippen molar-refractivity contribution in [2.45, 2.75) is 6.54 Å². The molecule has 1 fully saturated rings. The number of piperazine rings is 1. The van der Waals surface area contributed by atoms with Crippen LogP contribution in [0.2, 0.25) is 0 Å². The average molecular weight is 341 g/mol. The first kappa shape index (κ1) is 17.3. The van der Waals surface area contributed by atoms with Crippen LogP contribution in [-0.2, 0) is 6.54 Å². The topological polar surface area (TPSA) is 79.3 Å². The zero-order valence-corrected chi connectivity index (χ0v) is 14.1. The van der Waals surface area contributed by atoms with Gasteiger partial charge in [0.15, 0.2) is 0 Å². The average Bonchev–Trinajstić information content (AvgIpc) is 2.65. The second-order valence-corrected chi connectivity index (χ2v) is 6.05. The zero-order valence-electron chi connectivity index (χ0n) is 14.1. The number of rotatable bonds is 6. The van der Waals surface area contributed by atoms with E-state index in [9.17, 15) is 9.59 Å². The van der Waals surface area contributed by atoms with Gasteiger partial charge >= 0.3 is 0 Å². The highest BCUT2D eigenvalue weighted by Crippen LogP contribution is 2.00. The predicted octanol–water partition coefficient (Wildman–Crippen LogP) is -0.0734. The molecule has 2 heterocycles. The van der Waals surface area contributed by atoms with Crippen molar-refractivity contribution in [2.75, 3.05) is 39.3 Å². The predicted molar refractivity (Wildman–Crippen MR) is 95.7 cm³/mol. The molecule has 0 saturated carbocycles. The van der Waals surface area contributed by atoms with Crippen molar-refractivity contribution < 1.29 is 4.79 Å². The summed E-state index contributed by atoms with van der Waals surface area (Å²) < 4.78 is 1.32. The minimum Gasteiger partial charge on any atom is -0.349 e. The summed E-state index contributed by atoms with van der Waals surface area (Å²) in [6, 6.07) is 12.5. The monoisotopic (exact) mass is 341 g/mol. The van der Waals surface area contributed by atoms with Gasteiger partial charge in [-0.2, -0.15) is 5.10 Å². The fraction of sp³-hybridized carbons (Fsp3) is 0.389. The Bertz CT molecular complexity index is 754. The molecule has 7 nitrogen and oxygen atoms in total. The SMILES string of the molecule is O=C(NCCN1CCNCC1)c1ccc(=O)n(Cc2ccccc2)n1. The largest absolute Gasteiger partial charge is 0.349 e. The van der Waals surface area contributed by atoms with E-state index in [0.29, 0.717) is 13.1 Å². The summed E-state index contributed by atoms with van der Waals surface area (Å²) in [6.07, 6.45) is 0. The standard InChI is InChI=1S/C18H23N5O2/c24-17-7-6-16(21-23(17)14-15-4-2-1-3-5-15)18(25)20-10-13-22-11-8-19-9-12-22/h1-7,19H,8-14H2,(H,20,25). The molecular formula is C18H23N5O2. The van der Waals surface area contributed by atoms with Crippen LogP contribution in [0.25, 0.3) is 0 Å². The van der Waals surface area contributed by atoms with Crippen molar-refractivity contribution in [3.8, 4) is 0 Å². The molecule has 3 rings (SSSR count). The molecule has 0 bridgehead atoms. The molecule has 2 N–H and O–H groups in total. The van der Waals surface area contributed by atoms with Gasteiger partial charge in [-0.3, -0.25) is 14.5 Å². The van der Waals surface area contributed by atoms with Crippen molar-refractivity contribution >= 4 is 5.91 Å². The molecule has 0 atom stereocenters. The van der Waals surface area contributed by atoms with E-state index in [1.807, 2.05) is 30.3 Å². The number of hydrogen-bond donors (Lipinski definition) is 2. The first-order chi connectivity index (χ1) is 12.2. The summed E-state index contributed by atoms with van der Waals surface area (Å²) in [5.41, 5.74) is 1.01. The van der Waals surface area contributed by atoms with Gasteiger partial charge in [-0.25, -0.2) is 4.68 Å². The molecule has 2 aromatic rings. The Morgan fingerprint density at radius 1 is 1.12 bits per heavy atom. The van der Waals surface area contributed by atoms with Gasteiger partial charge in [0.1, 0.15) is 5.69 Å². The van der Waals surface area contributed by atoms with Gasteiger partial charge in [0, 0.05) is 45.3 Å². The third-order valence-corrected chi connectivity index (χ3v) is 4.20. The molecule has 1 saturated heterocycles. The quantitative estimate of drug-likeness (QED) is 0.769. The highest BCUT2D eigenvalue weighted by atomic mass is 16.2. The Balaban J connectivity index is 1.58. The van der Waals surface area contributed by atoms with Crippen molar-refractivity contribution in [3.63, 3.8) is 0 Å². The van der Waals surface area contributed by atoms with Crippen molar-refractivity contribution in [1.82, 2.24) is 25.3 Å². The summed E-state index contributed by atoms with van der Waals surface area (Å²) >= 11 is 0. The summed E-state index contributed by atoms with van der Waals surface area (Å²) in [4.78, 5) is 26.6. The Morgan fingerprint density at radius 3 is 2.64 bits per heavy atom. The zero-order chi connectivity index (χ0) is 17.5. The van der Waals surface area contributed by atoms with Crippen LogP contribution in [0, 0.1) is 0 Å². The third kappa shape index (κ3) is 4.98. The normalized spacial score (nSPS) is 15.0. The molecule has 1 aromatic carbocycles. The molecule has 0 spiro atoms. The first-order valence-corrected chi connectivity index (χ1v) is 8.56. The molecule has 0 radical (unpaired) electrons. The van der Waals surface area contributed by atoms with Gasteiger partial charge < -0.3 is 10.6 Å². The number of amides is 1. The lowest BCUT2D eigenvalue weighted by molar-refractivity contribution is 0.0940. The maximum absolute atomic E-state index is 12.3. The molecule has 132 valence electrons. The fourth-order valence-corrected chi connectivity index (χ4v) is 2.79. The fourth-order valence-electron chi connectivity index (χ4n) is 2.79. The number of hydrogen-bond acceptors (Lipinski definition) is 5. The molecule has 0 aliphatic carbocycles. The van der Waals surface area contributed by atoms with E-state index in [-0.39, 0.29) is 17.2 Å². The molecular weight excluding hydrogens is 318 g/mol. The summed E-state index contributed by atoms with van der Waals surface area (Å²) in [5.74, 6) is -0.253. The number of benzene rings is 1. The molecule has 1 aromatic heterocycles. The highest BCUT2D eigenvalue weighted by molar-refractivity contribution is 5.91. The van der Waals surface area contributed by atoms with Crippen LogP contribution in [0.4, 0.5) is 0 Å². The van der Waals surface area contributed by atoms with E-state index in [4.69, 9.17) is 0 Å². The van der Waals surface area contributed by atoms with Crippen molar-refractivity contribution in [1.29, 1.82) is 0 Å². The van der Waals surface area contributed by atoms with Crippen LogP contribution < -0.4 is 16.2 Å². The number of carbonyl (C=O) groups is 1. The minimum atomic E-state index is -0.253. The molecule has 1 aliphatic rings. The van der Waals surface area contributed by atoms with Gasteiger partial charge in [0.2, 0.25) is 0 Å². The molecule has 25 heavy (non-hydrogen) atoms. The lowest BCUT2D eigenvalue weighted by Crippen LogP contribution is -2.46. The number of nitrogens with one attached hydrogen (secondary N) is 2. The second kappa shape index (κ2) is 8.55. The van der Waals surface area contributed by atoms with Crippen molar-refractivity contribution in [2.24, 2.45) is 0 Å². The van der Waals surface area contributed by atoms with E-state index in [1.54, 1.807) is 0 Å². The maximum atomic E-state index is 12.3. The lowest BCUT2D eigenvalue weighted by atomic mass is 10.2. The van der Waals surface area contributed by atoms with Gasteiger partial charge in [0.05, 0.1) is 6.54 Å². The van der Waals surface area contributed by atoms with E-state index in [2.05, 4.69) is 20.6 Å². The summed E-state index contributed by atoms with van der Waals surface area (Å²) in [6.45, 7) is 5.70. The number of nitrogens with zero attached hydrogens (tertiary/aromatic N) is 3. The Kier molecular flexibility index (Phi) is 5.92. The Labute approximate surface area is 146 Å². The summed E-state index contributed by atoms with van der Waals surface area (Å²) in [5, 5.41) is 10.4. The van der Waals surface area contributed by atoms with Crippen LogP contribution >= 0.6 is 0 Å². The van der Waals surface area contributed by atoms with Crippen molar-refractivity contribution in [3.05, 3.63) is 64.1 Å². The maximum Gasteiger partial charge on any atom is 0.271 e. The number of carbonyl (C=O) groups excluding carboxylic acids is 1. The van der Waals surface area contributed by atoms with E-state index >= 15 is 0 Å². The lowest BCUT2D eigenvalue weighted by Gasteiger charge is -2.27. The summed E-state index contributed by atoms with van der Waals surface area (Å²) in [7, 11) is 0. The number of aromatic nitrogens is 2. The molecule has 7 heteroatoms. The third-order valence-electron chi connectivity index (χ3n) is 4.20. The van der Waals surface area contributed by atoms with E-state index in [1.165, 1.54) is 16.8 Å². The molecule has 1 aliphatic heterocycles. The molecule has 1 amide bonds.